The van der Waals surface area contributed by atoms with Gasteiger partial charge in [0.05, 0.1) is 6.57 Å². The Balaban J connectivity index is 1.91. The van der Waals surface area contributed by atoms with Crippen LogP contribution in [0.5, 0.6) is 0 Å². The fraction of sp³-hybridized carbons (Fsp3) is 0.281. The Morgan fingerprint density at radius 2 is 1.61 bits per heavy atom. The van der Waals surface area contributed by atoms with Gasteiger partial charge in [-0.15, -0.1) is 0 Å². The van der Waals surface area contributed by atoms with Crippen molar-refractivity contribution in [3.05, 3.63) is 106 Å². The number of carbonyl (C=O) groups is 2. The SMILES string of the molecule is [C-]#[N+]/C(=C/C=C/c1ccc2c(c1)CCc1cc(/C=C/C=C(/C)OC=O)ccc1N2CCCCCC)C(=O)O. The highest BCUT2D eigenvalue weighted by atomic mass is 16.5. The molecule has 0 aromatic heterocycles. The second-order valence-electron chi connectivity index (χ2n) is 9.17. The third-order valence-corrected chi connectivity index (χ3v) is 6.42. The highest BCUT2D eigenvalue weighted by Crippen LogP contribution is 2.37. The topological polar surface area (TPSA) is 71.2 Å². The van der Waals surface area contributed by atoms with E-state index in [1.165, 1.54) is 47.8 Å². The number of aryl methyl sites for hydroxylation is 2. The van der Waals surface area contributed by atoms with Gasteiger partial charge in [0.2, 0.25) is 0 Å². The molecule has 1 heterocycles. The minimum Gasteiger partial charge on any atom is -0.486 e. The number of nitrogens with zero attached hydrogens (tertiary/aromatic N) is 2. The van der Waals surface area contributed by atoms with Crippen LogP contribution in [0.3, 0.4) is 0 Å². The van der Waals surface area contributed by atoms with Gasteiger partial charge in [-0.1, -0.05) is 62.6 Å². The summed E-state index contributed by atoms with van der Waals surface area (Å²) in [7, 11) is 0. The molecule has 6 nitrogen and oxygen atoms in total. The summed E-state index contributed by atoms with van der Waals surface area (Å²) in [5.41, 5.74) is 6.70. The van der Waals surface area contributed by atoms with Gasteiger partial charge in [-0.3, -0.25) is 9.59 Å². The normalized spacial score (nSPS) is 13.7. The van der Waals surface area contributed by atoms with Crippen LogP contribution in [0.2, 0.25) is 0 Å². The third kappa shape index (κ3) is 7.81. The molecule has 0 atom stereocenters. The van der Waals surface area contributed by atoms with E-state index in [2.05, 4.69) is 47.0 Å². The Labute approximate surface area is 225 Å². The molecule has 0 aliphatic carbocycles. The van der Waals surface area contributed by atoms with E-state index in [1.54, 1.807) is 19.1 Å². The smallest absolute Gasteiger partial charge is 0.333 e. The number of carbonyl (C=O) groups excluding carboxylic acids is 1. The number of anilines is 2. The molecule has 1 aliphatic rings. The molecule has 2 aromatic carbocycles. The van der Waals surface area contributed by atoms with Gasteiger partial charge in [0.15, 0.2) is 0 Å². The minimum atomic E-state index is -1.22. The summed E-state index contributed by atoms with van der Waals surface area (Å²) in [6.07, 6.45) is 16.9. The van der Waals surface area contributed by atoms with Crippen molar-refractivity contribution in [2.24, 2.45) is 0 Å². The molecule has 1 aliphatic heterocycles. The Kier molecular flexibility index (Phi) is 10.7. The van der Waals surface area contributed by atoms with Crippen molar-refractivity contribution in [3.63, 3.8) is 0 Å². The predicted molar refractivity (Wildman–Crippen MR) is 153 cm³/mol. The van der Waals surface area contributed by atoms with E-state index in [9.17, 15) is 9.59 Å². The number of rotatable bonds is 12. The van der Waals surface area contributed by atoms with Crippen molar-refractivity contribution in [2.45, 2.75) is 52.4 Å². The van der Waals surface area contributed by atoms with E-state index in [4.69, 9.17) is 16.4 Å². The summed E-state index contributed by atoms with van der Waals surface area (Å²) in [6.45, 7) is 12.3. The number of benzene rings is 2. The average molecular weight is 511 g/mol. The van der Waals surface area contributed by atoms with Gasteiger partial charge in [-0.05, 0) is 84.9 Å². The molecule has 3 rings (SSSR count). The molecule has 0 saturated carbocycles. The molecule has 0 spiro atoms. The molecule has 2 aromatic rings. The monoisotopic (exact) mass is 510 g/mol. The number of carboxylic acids is 1. The largest absolute Gasteiger partial charge is 0.486 e. The van der Waals surface area contributed by atoms with Crippen LogP contribution in [0.15, 0.2) is 72.2 Å². The zero-order valence-corrected chi connectivity index (χ0v) is 22.0. The summed E-state index contributed by atoms with van der Waals surface area (Å²) < 4.78 is 4.83. The number of carboxylic acid groups (broad SMARTS) is 1. The fourth-order valence-electron chi connectivity index (χ4n) is 4.50. The lowest BCUT2D eigenvalue weighted by molar-refractivity contribution is -0.132. The lowest BCUT2D eigenvalue weighted by atomic mass is 10.0. The van der Waals surface area contributed by atoms with E-state index in [1.807, 2.05) is 24.3 Å². The highest BCUT2D eigenvalue weighted by Gasteiger charge is 2.20. The summed E-state index contributed by atoms with van der Waals surface area (Å²) in [6, 6.07) is 12.9. The average Bonchev–Trinajstić information content (AvgIpc) is 3.05. The van der Waals surface area contributed by atoms with E-state index in [0.717, 1.165) is 36.9 Å². The number of allylic oxidation sites excluding steroid dienone is 5. The quantitative estimate of drug-likeness (QED) is 0.0800. The van der Waals surface area contributed by atoms with Gasteiger partial charge in [-0.2, -0.15) is 0 Å². The molecule has 0 radical (unpaired) electrons. The number of aliphatic carboxylic acids is 1. The van der Waals surface area contributed by atoms with E-state index in [-0.39, 0.29) is 5.70 Å². The molecular weight excluding hydrogens is 476 g/mol. The van der Waals surface area contributed by atoms with Gasteiger partial charge in [0, 0.05) is 17.9 Å². The standard InChI is InChI=1S/C32H34N2O4/c1-4-5-6-7-20-34-30-18-14-25(11-8-10-24(2)38-23-35)21-27(30)16-17-28-22-26(15-19-31(28)34)12-9-13-29(33-3)32(36)37/h8-15,18-19,21-23H,4-7,16-17,20H2,1-2H3,(H,36,37)/b11-8+,12-9+,24-10-,29-13+. The summed E-state index contributed by atoms with van der Waals surface area (Å²) >= 11 is 0. The molecule has 1 N–H and O–H groups in total. The van der Waals surface area contributed by atoms with Gasteiger partial charge < -0.3 is 14.7 Å². The van der Waals surface area contributed by atoms with Crippen molar-refractivity contribution in [1.82, 2.24) is 0 Å². The Morgan fingerprint density at radius 3 is 2.13 bits per heavy atom. The molecular formula is C32H34N2O4. The zero-order valence-electron chi connectivity index (χ0n) is 22.0. The predicted octanol–water partition coefficient (Wildman–Crippen LogP) is 7.49. The number of unbranched alkanes of at least 4 members (excludes halogenated alkanes) is 3. The third-order valence-electron chi connectivity index (χ3n) is 6.42. The zero-order chi connectivity index (χ0) is 27.3. The number of fused-ring (bicyclic) bond motifs is 2. The van der Waals surface area contributed by atoms with E-state index >= 15 is 0 Å². The second-order valence-corrected chi connectivity index (χ2v) is 9.17. The first-order chi connectivity index (χ1) is 18.5. The Morgan fingerprint density at radius 1 is 1.00 bits per heavy atom. The van der Waals surface area contributed by atoms with Crippen molar-refractivity contribution >= 4 is 36.0 Å². The molecule has 6 heteroatoms. The molecule has 0 bridgehead atoms. The van der Waals surface area contributed by atoms with Crippen molar-refractivity contribution < 1.29 is 19.4 Å². The second kappa shape index (κ2) is 14.4. The van der Waals surface area contributed by atoms with Crippen LogP contribution in [0.25, 0.3) is 17.0 Å². The van der Waals surface area contributed by atoms with E-state index in [0.29, 0.717) is 12.2 Å². The molecule has 0 amide bonds. The molecule has 0 unspecified atom stereocenters. The van der Waals surface area contributed by atoms with Gasteiger partial charge >= 0.3 is 5.97 Å². The van der Waals surface area contributed by atoms with E-state index < -0.39 is 5.97 Å². The van der Waals surface area contributed by atoms with Gasteiger partial charge in [0.1, 0.15) is 5.76 Å². The molecule has 0 saturated heterocycles. The minimum absolute atomic E-state index is 0.309. The van der Waals surface area contributed by atoms with Crippen LogP contribution in [-0.2, 0) is 27.2 Å². The summed E-state index contributed by atoms with van der Waals surface area (Å²) in [5.74, 6) is -0.689. The number of hydrogen-bond donors (Lipinski definition) is 1. The number of hydrogen-bond acceptors (Lipinski definition) is 4. The Hall–Kier alpha value is -4.37. The van der Waals surface area contributed by atoms with Crippen LogP contribution >= 0.6 is 0 Å². The number of ether oxygens (including phenoxy) is 1. The first-order valence-electron chi connectivity index (χ1n) is 12.9. The maximum absolute atomic E-state index is 11.1. The maximum Gasteiger partial charge on any atom is 0.333 e. The first-order valence-corrected chi connectivity index (χ1v) is 12.9. The van der Waals surface area contributed by atoms with Crippen LogP contribution in [0.4, 0.5) is 11.4 Å². The van der Waals surface area contributed by atoms with Crippen LogP contribution < -0.4 is 4.90 Å². The van der Waals surface area contributed by atoms with Crippen molar-refractivity contribution in [3.8, 4) is 0 Å². The van der Waals surface area contributed by atoms with Crippen molar-refractivity contribution in [2.75, 3.05) is 11.4 Å². The maximum atomic E-state index is 11.1. The van der Waals surface area contributed by atoms with Crippen LogP contribution in [-0.4, -0.2) is 24.1 Å². The lowest BCUT2D eigenvalue weighted by Gasteiger charge is -2.27. The molecule has 38 heavy (non-hydrogen) atoms. The molecule has 0 fully saturated rings. The summed E-state index contributed by atoms with van der Waals surface area (Å²) in [5, 5.41) is 9.05. The van der Waals surface area contributed by atoms with Gasteiger partial charge in [-0.25, -0.2) is 4.85 Å². The molecule has 196 valence electrons. The van der Waals surface area contributed by atoms with Crippen molar-refractivity contribution in [1.29, 1.82) is 0 Å². The summed E-state index contributed by atoms with van der Waals surface area (Å²) in [4.78, 5) is 27.0. The van der Waals surface area contributed by atoms with Crippen LogP contribution in [0, 0.1) is 6.57 Å². The first kappa shape index (κ1) is 28.2. The van der Waals surface area contributed by atoms with Crippen LogP contribution in [0.1, 0.15) is 61.8 Å². The lowest BCUT2D eigenvalue weighted by Crippen LogP contribution is -2.19. The van der Waals surface area contributed by atoms with Gasteiger partial charge in [0.25, 0.3) is 12.2 Å². The Bertz CT molecular complexity index is 1310. The highest BCUT2D eigenvalue weighted by molar-refractivity contribution is 5.89. The fourth-order valence-corrected chi connectivity index (χ4v) is 4.50.